The molecule has 0 aromatic heterocycles. The van der Waals surface area contributed by atoms with Gasteiger partial charge in [0.15, 0.2) is 0 Å². The molecule has 0 aliphatic rings. The van der Waals surface area contributed by atoms with Gasteiger partial charge in [0.25, 0.3) is 0 Å². The topological polar surface area (TPSA) is 35.2 Å². The fourth-order valence-corrected chi connectivity index (χ4v) is 2.36. The lowest BCUT2D eigenvalue weighted by atomic mass is 9.99. The van der Waals surface area contributed by atoms with Crippen molar-refractivity contribution >= 4 is 23.2 Å². The van der Waals surface area contributed by atoms with Crippen LogP contribution >= 0.6 is 23.2 Å². The second kappa shape index (κ2) is 6.13. The van der Waals surface area contributed by atoms with Crippen LogP contribution in [0.3, 0.4) is 0 Å². The van der Waals surface area contributed by atoms with Crippen molar-refractivity contribution in [3.8, 4) is 5.75 Å². The van der Waals surface area contributed by atoms with E-state index in [0.717, 1.165) is 0 Å². The van der Waals surface area contributed by atoms with E-state index in [0.29, 0.717) is 21.2 Å². The Hall–Kier alpha value is -1.43. The van der Waals surface area contributed by atoms with Crippen molar-refractivity contribution < 1.29 is 17.9 Å². The number of ether oxygens (including phenoxy) is 1. The van der Waals surface area contributed by atoms with E-state index >= 15 is 0 Å². The minimum atomic E-state index is -4.75. The van der Waals surface area contributed by atoms with Crippen molar-refractivity contribution in [3.05, 3.63) is 63.6 Å². The zero-order valence-corrected chi connectivity index (χ0v) is 12.0. The summed E-state index contributed by atoms with van der Waals surface area (Å²) in [5, 5.41) is 0.794. The summed E-state index contributed by atoms with van der Waals surface area (Å²) in [6.45, 7) is 0. The summed E-state index contributed by atoms with van der Waals surface area (Å²) < 4.78 is 40.5. The first kappa shape index (κ1) is 15.9. The number of hydrogen-bond donors (Lipinski definition) is 1. The second-order valence-electron chi connectivity index (χ2n) is 4.26. The summed E-state index contributed by atoms with van der Waals surface area (Å²) in [4.78, 5) is 0. The molecule has 1 atom stereocenters. The van der Waals surface area contributed by atoms with Crippen molar-refractivity contribution in [1.29, 1.82) is 0 Å². The average Bonchev–Trinajstić information content (AvgIpc) is 2.36. The average molecular weight is 336 g/mol. The maximum atomic E-state index is 12.2. The van der Waals surface area contributed by atoms with Gasteiger partial charge in [0, 0.05) is 10.0 Å². The van der Waals surface area contributed by atoms with Crippen LogP contribution in [-0.2, 0) is 0 Å². The number of hydrogen-bond acceptors (Lipinski definition) is 2. The van der Waals surface area contributed by atoms with Crippen molar-refractivity contribution in [3.63, 3.8) is 0 Å². The van der Waals surface area contributed by atoms with Gasteiger partial charge < -0.3 is 10.5 Å². The molecule has 2 nitrogen and oxygen atoms in total. The molecule has 0 amide bonds. The van der Waals surface area contributed by atoms with Crippen molar-refractivity contribution in [2.75, 3.05) is 0 Å². The first-order valence-corrected chi connectivity index (χ1v) is 6.58. The van der Waals surface area contributed by atoms with Crippen LogP contribution in [-0.4, -0.2) is 6.36 Å². The fourth-order valence-electron chi connectivity index (χ4n) is 1.84. The van der Waals surface area contributed by atoms with Crippen molar-refractivity contribution in [2.45, 2.75) is 12.4 Å². The lowest BCUT2D eigenvalue weighted by molar-refractivity contribution is -0.274. The zero-order valence-electron chi connectivity index (χ0n) is 10.5. The highest BCUT2D eigenvalue weighted by atomic mass is 35.5. The first-order chi connectivity index (χ1) is 9.76. The Morgan fingerprint density at radius 3 is 2.38 bits per heavy atom. The van der Waals surface area contributed by atoms with E-state index in [1.807, 2.05) is 0 Å². The van der Waals surface area contributed by atoms with Gasteiger partial charge in [0.05, 0.1) is 6.04 Å². The first-order valence-electron chi connectivity index (χ1n) is 5.82. The van der Waals surface area contributed by atoms with Gasteiger partial charge in [-0.05, 0) is 35.4 Å². The largest absolute Gasteiger partial charge is 0.573 e. The molecule has 0 aliphatic carbocycles. The third kappa shape index (κ3) is 4.27. The van der Waals surface area contributed by atoms with Gasteiger partial charge in [0.1, 0.15) is 5.75 Å². The van der Waals surface area contributed by atoms with Gasteiger partial charge in [-0.25, -0.2) is 0 Å². The summed E-state index contributed by atoms with van der Waals surface area (Å²) in [7, 11) is 0. The fraction of sp³-hybridized carbons (Fsp3) is 0.143. The quantitative estimate of drug-likeness (QED) is 0.862. The molecule has 112 valence electrons. The monoisotopic (exact) mass is 335 g/mol. The molecular formula is C14H10Cl2F3NO. The third-order valence-corrected chi connectivity index (χ3v) is 3.31. The van der Waals surface area contributed by atoms with Crippen molar-refractivity contribution in [2.24, 2.45) is 5.73 Å². The smallest absolute Gasteiger partial charge is 0.406 e. The van der Waals surface area contributed by atoms with Gasteiger partial charge in [0.2, 0.25) is 0 Å². The molecular weight excluding hydrogens is 326 g/mol. The Morgan fingerprint density at radius 2 is 1.76 bits per heavy atom. The summed E-state index contributed by atoms with van der Waals surface area (Å²) in [5.41, 5.74) is 7.04. The van der Waals surface area contributed by atoms with E-state index < -0.39 is 12.4 Å². The molecule has 0 spiro atoms. The highest BCUT2D eigenvalue weighted by Gasteiger charge is 2.31. The van der Waals surface area contributed by atoms with Gasteiger partial charge in [-0.15, -0.1) is 13.2 Å². The number of halogens is 5. The van der Waals surface area contributed by atoms with E-state index in [4.69, 9.17) is 28.9 Å². The van der Waals surface area contributed by atoms with Crippen molar-refractivity contribution in [1.82, 2.24) is 0 Å². The van der Waals surface area contributed by atoms with Crippen LogP contribution in [0, 0.1) is 0 Å². The molecule has 7 heteroatoms. The van der Waals surface area contributed by atoms with E-state index in [1.165, 1.54) is 24.3 Å². The van der Waals surface area contributed by atoms with Gasteiger partial charge in [-0.3, -0.25) is 0 Å². The summed E-state index contributed by atoms with van der Waals surface area (Å²) in [6.07, 6.45) is -4.75. The Morgan fingerprint density at radius 1 is 1.05 bits per heavy atom. The maximum absolute atomic E-state index is 12.2. The molecule has 0 saturated heterocycles. The molecule has 2 aromatic rings. The third-order valence-electron chi connectivity index (χ3n) is 2.75. The minimum Gasteiger partial charge on any atom is -0.406 e. The number of benzene rings is 2. The second-order valence-corrected chi connectivity index (χ2v) is 5.11. The molecule has 0 heterocycles. The molecule has 2 rings (SSSR count). The molecule has 1 unspecified atom stereocenters. The molecule has 2 aromatic carbocycles. The molecule has 0 radical (unpaired) electrons. The lowest BCUT2D eigenvalue weighted by Crippen LogP contribution is -2.18. The highest BCUT2D eigenvalue weighted by Crippen LogP contribution is 2.31. The predicted molar refractivity (Wildman–Crippen MR) is 75.6 cm³/mol. The van der Waals surface area contributed by atoms with Crippen LogP contribution in [0.1, 0.15) is 17.2 Å². The molecule has 21 heavy (non-hydrogen) atoms. The Kier molecular flexibility index (Phi) is 4.66. The molecule has 2 N–H and O–H groups in total. The van der Waals surface area contributed by atoms with Crippen LogP contribution < -0.4 is 10.5 Å². The molecule has 0 fully saturated rings. The highest BCUT2D eigenvalue weighted by molar-refractivity contribution is 6.35. The predicted octanol–water partition coefficient (Wildman–Crippen LogP) is 4.94. The lowest BCUT2D eigenvalue weighted by Gasteiger charge is -2.16. The van der Waals surface area contributed by atoms with Gasteiger partial charge in [-0.1, -0.05) is 41.4 Å². The molecule has 0 aliphatic heterocycles. The van der Waals surface area contributed by atoms with E-state index in [2.05, 4.69) is 4.74 Å². The Bertz CT molecular complexity index is 646. The van der Waals surface area contributed by atoms with E-state index in [9.17, 15) is 13.2 Å². The van der Waals surface area contributed by atoms with Crippen LogP contribution in [0.4, 0.5) is 13.2 Å². The standard InChI is InChI=1S/C14H10Cl2F3NO/c15-9-4-5-11(12(16)7-9)13(20)8-2-1-3-10(6-8)21-14(17,18)19/h1-7,13H,20H2. The molecule has 0 saturated carbocycles. The van der Waals surface area contributed by atoms with Gasteiger partial charge in [-0.2, -0.15) is 0 Å². The van der Waals surface area contributed by atoms with E-state index in [1.54, 1.807) is 18.2 Å². The Balaban J connectivity index is 2.31. The van der Waals surface area contributed by atoms with Crippen LogP contribution in [0.5, 0.6) is 5.75 Å². The number of rotatable bonds is 3. The molecule has 0 bridgehead atoms. The Labute approximate surface area is 129 Å². The summed E-state index contributed by atoms with van der Waals surface area (Å²) >= 11 is 11.8. The van der Waals surface area contributed by atoms with Crippen LogP contribution in [0.15, 0.2) is 42.5 Å². The normalized spacial score (nSPS) is 13.0. The van der Waals surface area contributed by atoms with Crippen LogP contribution in [0.2, 0.25) is 10.0 Å². The SMILES string of the molecule is NC(c1cccc(OC(F)(F)F)c1)c1ccc(Cl)cc1Cl. The van der Waals surface area contributed by atoms with Crippen LogP contribution in [0.25, 0.3) is 0 Å². The summed E-state index contributed by atoms with van der Waals surface area (Å²) in [5.74, 6) is -0.333. The number of alkyl halides is 3. The minimum absolute atomic E-state index is 0.333. The van der Waals surface area contributed by atoms with Gasteiger partial charge >= 0.3 is 6.36 Å². The van der Waals surface area contributed by atoms with E-state index in [-0.39, 0.29) is 5.75 Å². The maximum Gasteiger partial charge on any atom is 0.573 e. The summed E-state index contributed by atoms with van der Waals surface area (Å²) in [6, 6.07) is 9.53. The zero-order chi connectivity index (χ0) is 15.6. The number of nitrogens with two attached hydrogens (primary N) is 1.